The molecule has 0 aromatic heterocycles. The third-order valence-corrected chi connectivity index (χ3v) is 2.46. The maximum Gasteiger partial charge on any atom is 0.255 e. The van der Waals surface area contributed by atoms with Gasteiger partial charge in [0.15, 0.2) is 6.61 Å². The van der Waals surface area contributed by atoms with E-state index in [4.69, 9.17) is 10.5 Å². The molecule has 0 aliphatic carbocycles. The standard InChI is InChI=1S/C15H15N3O2/c16-15(19)11-20-14-9-5-4-6-12(14)10-17-18-13-7-2-1-3-8-13/h1-10,18H,11H2,(H2,16,19). The van der Waals surface area contributed by atoms with Gasteiger partial charge in [0, 0.05) is 5.56 Å². The van der Waals surface area contributed by atoms with E-state index < -0.39 is 5.91 Å². The van der Waals surface area contributed by atoms with Gasteiger partial charge in [0.2, 0.25) is 0 Å². The largest absolute Gasteiger partial charge is 0.483 e. The van der Waals surface area contributed by atoms with Crippen molar-refractivity contribution in [3.05, 3.63) is 60.2 Å². The first-order valence-corrected chi connectivity index (χ1v) is 6.10. The van der Waals surface area contributed by atoms with Gasteiger partial charge in [0.1, 0.15) is 5.75 Å². The second-order valence-electron chi connectivity index (χ2n) is 4.03. The lowest BCUT2D eigenvalue weighted by Crippen LogP contribution is -2.20. The Hall–Kier alpha value is -2.82. The fourth-order valence-corrected chi connectivity index (χ4v) is 1.56. The molecule has 5 nitrogen and oxygen atoms in total. The first kappa shape index (κ1) is 13.6. The molecule has 0 saturated carbocycles. The van der Waals surface area contributed by atoms with E-state index in [1.807, 2.05) is 48.5 Å². The molecule has 0 spiro atoms. The Balaban J connectivity index is 2.03. The topological polar surface area (TPSA) is 76.7 Å². The second kappa shape index (κ2) is 6.94. The third kappa shape index (κ3) is 4.13. The van der Waals surface area contributed by atoms with Gasteiger partial charge in [0.25, 0.3) is 5.91 Å². The molecule has 0 aliphatic heterocycles. The molecule has 0 bridgehead atoms. The maximum atomic E-state index is 10.7. The van der Waals surface area contributed by atoms with E-state index >= 15 is 0 Å². The molecule has 5 heteroatoms. The number of benzene rings is 2. The van der Waals surface area contributed by atoms with Crippen LogP contribution in [0.25, 0.3) is 0 Å². The summed E-state index contributed by atoms with van der Waals surface area (Å²) < 4.78 is 5.31. The smallest absolute Gasteiger partial charge is 0.255 e. The molecule has 0 heterocycles. The van der Waals surface area contributed by atoms with Crippen LogP contribution in [0.3, 0.4) is 0 Å². The summed E-state index contributed by atoms with van der Waals surface area (Å²) in [5.41, 5.74) is 9.61. The number of nitrogens with one attached hydrogen (secondary N) is 1. The number of hydrogen-bond donors (Lipinski definition) is 2. The van der Waals surface area contributed by atoms with Crippen LogP contribution in [-0.4, -0.2) is 18.7 Å². The number of nitrogens with two attached hydrogens (primary N) is 1. The van der Waals surface area contributed by atoms with E-state index in [9.17, 15) is 4.79 Å². The molecule has 0 unspecified atom stereocenters. The van der Waals surface area contributed by atoms with Gasteiger partial charge in [0.05, 0.1) is 11.9 Å². The van der Waals surface area contributed by atoms with Crippen LogP contribution < -0.4 is 15.9 Å². The minimum atomic E-state index is -0.515. The Labute approximate surface area is 117 Å². The zero-order valence-corrected chi connectivity index (χ0v) is 10.8. The average molecular weight is 269 g/mol. The Morgan fingerprint density at radius 1 is 1.15 bits per heavy atom. The number of amides is 1. The number of primary amides is 1. The van der Waals surface area contributed by atoms with Crippen molar-refractivity contribution in [3.8, 4) is 5.75 Å². The van der Waals surface area contributed by atoms with E-state index in [2.05, 4.69) is 10.5 Å². The van der Waals surface area contributed by atoms with Crippen molar-refractivity contribution >= 4 is 17.8 Å². The molecule has 0 atom stereocenters. The van der Waals surface area contributed by atoms with Crippen molar-refractivity contribution in [2.45, 2.75) is 0 Å². The van der Waals surface area contributed by atoms with Gasteiger partial charge in [-0.3, -0.25) is 10.2 Å². The van der Waals surface area contributed by atoms with Crippen LogP contribution >= 0.6 is 0 Å². The quantitative estimate of drug-likeness (QED) is 0.622. The lowest BCUT2D eigenvalue weighted by atomic mass is 10.2. The highest BCUT2D eigenvalue weighted by Gasteiger charge is 2.02. The zero-order valence-electron chi connectivity index (χ0n) is 10.8. The van der Waals surface area contributed by atoms with Gasteiger partial charge in [-0.2, -0.15) is 5.10 Å². The summed E-state index contributed by atoms with van der Waals surface area (Å²) in [6, 6.07) is 16.9. The van der Waals surface area contributed by atoms with Crippen molar-refractivity contribution in [1.29, 1.82) is 0 Å². The molecular formula is C15H15N3O2. The number of hydrogen-bond acceptors (Lipinski definition) is 4. The van der Waals surface area contributed by atoms with Crippen LogP contribution in [0.4, 0.5) is 5.69 Å². The first-order valence-electron chi connectivity index (χ1n) is 6.10. The molecule has 102 valence electrons. The summed E-state index contributed by atoms with van der Waals surface area (Å²) in [5.74, 6) is 0.0454. The molecule has 2 aromatic carbocycles. The Morgan fingerprint density at radius 3 is 2.60 bits per heavy atom. The van der Waals surface area contributed by atoms with Gasteiger partial charge < -0.3 is 10.5 Å². The van der Waals surface area contributed by atoms with E-state index in [-0.39, 0.29) is 6.61 Å². The van der Waals surface area contributed by atoms with E-state index in [0.717, 1.165) is 11.3 Å². The number of carbonyl (C=O) groups is 1. The fraction of sp³-hybridized carbons (Fsp3) is 0.0667. The Morgan fingerprint density at radius 2 is 1.85 bits per heavy atom. The van der Waals surface area contributed by atoms with E-state index in [1.165, 1.54) is 0 Å². The van der Waals surface area contributed by atoms with Crippen molar-refractivity contribution in [2.75, 3.05) is 12.0 Å². The molecule has 20 heavy (non-hydrogen) atoms. The minimum Gasteiger partial charge on any atom is -0.483 e. The number of anilines is 1. The Kier molecular flexibility index (Phi) is 4.72. The van der Waals surface area contributed by atoms with Crippen LogP contribution in [0.15, 0.2) is 59.7 Å². The highest BCUT2D eigenvalue weighted by Crippen LogP contribution is 2.15. The average Bonchev–Trinajstić information content (AvgIpc) is 2.47. The summed E-state index contributed by atoms with van der Waals surface area (Å²) in [4.78, 5) is 10.7. The van der Waals surface area contributed by atoms with Gasteiger partial charge in [-0.1, -0.05) is 30.3 Å². The summed E-state index contributed by atoms with van der Waals surface area (Å²) in [6.07, 6.45) is 1.63. The minimum absolute atomic E-state index is 0.156. The van der Waals surface area contributed by atoms with Crippen LogP contribution in [0, 0.1) is 0 Å². The fourth-order valence-electron chi connectivity index (χ4n) is 1.56. The number of para-hydroxylation sites is 2. The highest BCUT2D eigenvalue weighted by atomic mass is 16.5. The molecule has 0 saturated heterocycles. The van der Waals surface area contributed by atoms with Gasteiger partial charge in [-0.05, 0) is 24.3 Å². The molecule has 0 radical (unpaired) electrons. The van der Waals surface area contributed by atoms with Crippen LogP contribution in [0.2, 0.25) is 0 Å². The summed E-state index contributed by atoms with van der Waals surface area (Å²) >= 11 is 0. The molecular weight excluding hydrogens is 254 g/mol. The van der Waals surface area contributed by atoms with Gasteiger partial charge in [-0.25, -0.2) is 0 Å². The highest BCUT2D eigenvalue weighted by molar-refractivity contribution is 5.84. The number of hydrazone groups is 1. The van der Waals surface area contributed by atoms with Gasteiger partial charge >= 0.3 is 0 Å². The normalized spacial score (nSPS) is 10.4. The molecule has 1 amide bonds. The SMILES string of the molecule is NC(=O)COc1ccccc1C=NNc1ccccc1. The van der Waals surface area contributed by atoms with Crippen molar-refractivity contribution in [1.82, 2.24) is 0 Å². The molecule has 0 fully saturated rings. The zero-order chi connectivity index (χ0) is 14.2. The summed E-state index contributed by atoms with van der Waals surface area (Å²) in [6.45, 7) is -0.156. The molecule has 3 N–H and O–H groups in total. The summed E-state index contributed by atoms with van der Waals surface area (Å²) in [7, 11) is 0. The number of nitrogens with zero attached hydrogens (tertiary/aromatic N) is 1. The lowest BCUT2D eigenvalue weighted by Gasteiger charge is -2.06. The van der Waals surface area contributed by atoms with Crippen molar-refractivity contribution in [3.63, 3.8) is 0 Å². The predicted octanol–water partition coefficient (Wildman–Crippen LogP) is 2.00. The van der Waals surface area contributed by atoms with E-state index in [0.29, 0.717) is 5.75 Å². The number of carbonyl (C=O) groups excluding carboxylic acids is 1. The lowest BCUT2D eigenvalue weighted by molar-refractivity contribution is -0.119. The predicted molar refractivity (Wildman–Crippen MR) is 78.8 cm³/mol. The third-order valence-electron chi connectivity index (χ3n) is 2.46. The van der Waals surface area contributed by atoms with Crippen LogP contribution in [0.1, 0.15) is 5.56 Å². The van der Waals surface area contributed by atoms with Crippen LogP contribution in [-0.2, 0) is 4.79 Å². The molecule has 2 rings (SSSR count). The van der Waals surface area contributed by atoms with Crippen molar-refractivity contribution in [2.24, 2.45) is 10.8 Å². The maximum absolute atomic E-state index is 10.7. The molecule has 0 aliphatic rings. The van der Waals surface area contributed by atoms with E-state index in [1.54, 1.807) is 12.3 Å². The number of ether oxygens (including phenoxy) is 1. The van der Waals surface area contributed by atoms with Crippen molar-refractivity contribution < 1.29 is 9.53 Å². The molecule has 2 aromatic rings. The van der Waals surface area contributed by atoms with Crippen LogP contribution in [0.5, 0.6) is 5.75 Å². The Bertz CT molecular complexity index is 597. The number of rotatable bonds is 6. The first-order chi connectivity index (χ1) is 9.75. The second-order valence-corrected chi connectivity index (χ2v) is 4.03. The summed E-state index contributed by atoms with van der Waals surface area (Å²) in [5, 5.41) is 4.13. The van der Waals surface area contributed by atoms with Gasteiger partial charge in [-0.15, -0.1) is 0 Å². The monoisotopic (exact) mass is 269 g/mol.